The number of likely N-dealkylation sites (tertiary alicyclic amines) is 1. The highest BCUT2D eigenvalue weighted by Gasteiger charge is 2.37. The number of ether oxygens (including phenoxy) is 1. The lowest BCUT2D eigenvalue weighted by Crippen LogP contribution is -2.46. The summed E-state index contributed by atoms with van der Waals surface area (Å²) in [6.45, 7) is 3.98. The van der Waals surface area contributed by atoms with Crippen LogP contribution in [0.25, 0.3) is 0 Å². The molecule has 4 heteroatoms. The van der Waals surface area contributed by atoms with Crippen LogP contribution in [0, 0.1) is 5.92 Å². The summed E-state index contributed by atoms with van der Waals surface area (Å²) in [4.78, 5) is 14.0. The number of carbonyl (C=O) groups excluding carboxylic acids is 1. The fourth-order valence-corrected chi connectivity index (χ4v) is 2.69. The molecule has 0 aromatic carbocycles. The number of hydrogen-bond acceptors (Lipinski definition) is 4. The number of methoxy groups -OCH3 is 1. The van der Waals surface area contributed by atoms with Crippen molar-refractivity contribution in [1.29, 1.82) is 0 Å². The average Bonchev–Trinajstić information content (AvgIpc) is 2.78. The molecule has 2 saturated heterocycles. The quantitative estimate of drug-likeness (QED) is 0.665. The Hall–Kier alpha value is -0.610. The van der Waals surface area contributed by atoms with E-state index in [2.05, 4.69) is 10.2 Å². The van der Waals surface area contributed by atoms with Crippen molar-refractivity contribution < 1.29 is 9.53 Å². The SMILES string of the molecule is COC(=O)C1CNCC1N1CCCCC1. The lowest BCUT2D eigenvalue weighted by molar-refractivity contribution is -0.146. The molecule has 0 spiro atoms. The molecule has 86 valence electrons. The van der Waals surface area contributed by atoms with Crippen molar-refractivity contribution >= 4 is 5.97 Å². The van der Waals surface area contributed by atoms with Crippen LogP contribution in [0.3, 0.4) is 0 Å². The van der Waals surface area contributed by atoms with Crippen molar-refractivity contribution in [1.82, 2.24) is 10.2 Å². The van der Waals surface area contributed by atoms with E-state index in [1.54, 1.807) is 0 Å². The van der Waals surface area contributed by atoms with E-state index in [0.717, 1.165) is 26.2 Å². The van der Waals surface area contributed by atoms with E-state index in [0.29, 0.717) is 6.04 Å². The van der Waals surface area contributed by atoms with Crippen LogP contribution in [0.15, 0.2) is 0 Å². The van der Waals surface area contributed by atoms with Gasteiger partial charge in [-0.05, 0) is 25.9 Å². The van der Waals surface area contributed by atoms with Crippen molar-refractivity contribution in [3.63, 3.8) is 0 Å². The standard InChI is InChI=1S/C11H20N2O2/c1-15-11(14)9-7-12-8-10(9)13-5-3-2-4-6-13/h9-10,12H,2-8H2,1H3. The normalized spacial score (nSPS) is 32.9. The first-order chi connectivity index (χ1) is 7.33. The van der Waals surface area contributed by atoms with Gasteiger partial charge in [-0.3, -0.25) is 9.69 Å². The van der Waals surface area contributed by atoms with E-state index in [9.17, 15) is 4.79 Å². The van der Waals surface area contributed by atoms with Crippen LogP contribution in [0.1, 0.15) is 19.3 Å². The molecular formula is C11H20N2O2. The number of carbonyl (C=O) groups is 1. The van der Waals surface area contributed by atoms with Crippen LogP contribution in [0.2, 0.25) is 0 Å². The third-order valence-electron chi connectivity index (χ3n) is 3.55. The van der Waals surface area contributed by atoms with Gasteiger partial charge in [-0.1, -0.05) is 6.42 Å². The maximum atomic E-state index is 11.6. The topological polar surface area (TPSA) is 41.6 Å². The molecule has 4 nitrogen and oxygen atoms in total. The van der Waals surface area contributed by atoms with Gasteiger partial charge in [0.15, 0.2) is 0 Å². The predicted octanol–water partition coefficient (Wildman–Crippen LogP) is 0.233. The molecule has 2 unspecified atom stereocenters. The van der Waals surface area contributed by atoms with E-state index >= 15 is 0 Å². The van der Waals surface area contributed by atoms with Crippen molar-refractivity contribution in [3.8, 4) is 0 Å². The third-order valence-corrected chi connectivity index (χ3v) is 3.55. The Balaban J connectivity index is 1.97. The van der Waals surface area contributed by atoms with E-state index in [4.69, 9.17) is 4.74 Å². The summed E-state index contributed by atoms with van der Waals surface area (Å²) in [5.74, 6) is -0.0244. The number of rotatable bonds is 2. The number of nitrogens with zero attached hydrogens (tertiary/aromatic N) is 1. The minimum atomic E-state index is -0.0597. The van der Waals surface area contributed by atoms with Gasteiger partial charge in [-0.2, -0.15) is 0 Å². The zero-order valence-electron chi connectivity index (χ0n) is 9.37. The van der Waals surface area contributed by atoms with Crippen LogP contribution < -0.4 is 5.32 Å². The summed E-state index contributed by atoms with van der Waals surface area (Å²) >= 11 is 0. The van der Waals surface area contributed by atoms with Gasteiger partial charge in [0.1, 0.15) is 0 Å². The summed E-state index contributed by atoms with van der Waals surface area (Å²) in [7, 11) is 1.48. The highest BCUT2D eigenvalue weighted by atomic mass is 16.5. The number of piperidine rings is 1. The molecule has 0 radical (unpaired) electrons. The van der Waals surface area contributed by atoms with E-state index < -0.39 is 0 Å². The molecule has 15 heavy (non-hydrogen) atoms. The molecule has 0 aliphatic carbocycles. The molecule has 0 aromatic rings. The van der Waals surface area contributed by atoms with E-state index in [-0.39, 0.29) is 11.9 Å². The van der Waals surface area contributed by atoms with E-state index in [1.165, 1.54) is 26.4 Å². The number of esters is 1. The minimum Gasteiger partial charge on any atom is -0.469 e. The minimum absolute atomic E-state index is 0.0353. The second kappa shape index (κ2) is 4.94. The van der Waals surface area contributed by atoms with Gasteiger partial charge in [0.25, 0.3) is 0 Å². The highest BCUT2D eigenvalue weighted by Crippen LogP contribution is 2.21. The monoisotopic (exact) mass is 212 g/mol. The predicted molar refractivity (Wildman–Crippen MR) is 57.6 cm³/mol. The Kier molecular flexibility index (Phi) is 3.59. The molecule has 2 rings (SSSR count). The molecule has 0 amide bonds. The second-order valence-electron chi connectivity index (χ2n) is 4.45. The van der Waals surface area contributed by atoms with Crippen LogP contribution in [-0.2, 0) is 9.53 Å². The van der Waals surface area contributed by atoms with Crippen molar-refractivity contribution in [2.24, 2.45) is 5.92 Å². The molecule has 0 aromatic heterocycles. The summed E-state index contributed by atoms with van der Waals surface area (Å²) in [5.41, 5.74) is 0. The van der Waals surface area contributed by atoms with E-state index in [1.807, 2.05) is 0 Å². The lowest BCUT2D eigenvalue weighted by atomic mass is 9.99. The Morgan fingerprint density at radius 2 is 2.00 bits per heavy atom. The molecular weight excluding hydrogens is 192 g/mol. The lowest BCUT2D eigenvalue weighted by Gasteiger charge is -2.34. The van der Waals surface area contributed by atoms with Crippen LogP contribution >= 0.6 is 0 Å². The molecule has 2 atom stereocenters. The molecule has 0 bridgehead atoms. The summed E-state index contributed by atoms with van der Waals surface area (Å²) in [6.07, 6.45) is 3.87. The maximum absolute atomic E-state index is 11.6. The Labute approximate surface area is 91.0 Å². The Bertz CT molecular complexity index is 227. The summed E-state index contributed by atoms with van der Waals surface area (Å²) in [6, 6.07) is 0.359. The molecule has 1 N–H and O–H groups in total. The highest BCUT2D eigenvalue weighted by molar-refractivity contribution is 5.74. The van der Waals surface area contributed by atoms with Gasteiger partial charge in [0.05, 0.1) is 13.0 Å². The first-order valence-corrected chi connectivity index (χ1v) is 5.85. The fourth-order valence-electron chi connectivity index (χ4n) is 2.69. The summed E-state index contributed by atoms with van der Waals surface area (Å²) in [5, 5.41) is 3.29. The first-order valence-electron chi connectivity index (χ1n) is 5.85. The second-order valence-corrected chi connectivity index (χ2v) is 4.45. The molecule has 2 fully saturated rings. The van der Waals surface area contributed by atoms with Gasteiger partial charge in [0.2, 0.25) is 0 Å². The number of nitrogens with one attached hydrogen (secondary N) is 1. The van der Waals surface area contributed by atoms with Crippen molar-refractivity contribution in [2.45, 2.75) is 25.3 Å². The van der Waals surface area contributed by atoms with Crippen LogP contribution in [-0.4, -0.2) is 50.2 Å². The van der Waals surface area contributed by atoms with Gasteiger partial charge < -0.3 is 10.1 Å². The van der Waals surface area contributed by atoms with Gasteiger partial charge in [0, 0.05) is 19.1 Å². The third kappa shape index (κ3) is 2.32. The average molecular weight is 212 g/mol. The molecule has 2 aliphatic heterocycles. The van der Waals surface area contributed by atoms with Gasteiger partial charge in [-0.25, -0.2) is 0 Å². The Morgan fingerprint density at radius 1 is 1.27 bits per heavy atom. The fraction of sp³-hybridized carbons (Fsp3) is 0.909. The maximum Gasteiger partial charge on any atom is 0.311 e. The zero-order valence-corrected chi connectivity index (χ0v) is 9.37. The number of hydrogen-bond donors (Lipinski definition) is 1. The molecule has 2 aliphatic rings. The van der Waals surface area contributed by atoms with Gasteiger partial charge >= 0.3 is 5.97 Å². The van der Waals surface area contributed by atoms with Crippen LogP contribution in [0.4, 0.5) is 0 Å². The van der Waals surface area contributed by atoms with Crippen molar-refractivity contribution in [2.75, 3.05) is 33.3 Å². The smallest absolute Gasteiger partial charge is 0.311 e. The molecule has 2 heterocycles. The van der Waals surface area contributed by atoms with Gasteiger partial charge in [-0.15, -0.1) is 0 Å². The first kappa shape index (κ1) is 10.9. The summed E-state index contributed by atoms with van der Waals surface area (Å²) < 4.78 is 4.85. The molecule has 0 saturated carbocycles. The van der Waals surface area contributed by atoms with Crippen molar-refractivity contribution in [3.05, 3.63) is 0 Å². The largest absolute Gasteiger partial charge is 0.469 e. The Morgan fingerprint density at radius 3 is 2.67 bits per heavy atom. The van der Waals surface area contributed by atoms with Crippen LogP contribution in [0.5, 0.6) is 0 Å². The zero-order chi connectivity index (χ0) is 10.7.